The summed E-state index contributed by atoms with van der Waals surface area (Å²) in [4.78, 5) is 14.5. The van der Waals surface area contributed by atoms with Crippen molar-refractivity contribution in [2.24, 2.45) is 0 Å². The number of ether oxygens (including phenoxy) is 1. The third-order valence-corrected chi connectivity index (χ3v) is 5.01. The van der Waals surface area contributed by atoms with E-state index in [-0.39, 0.29) is 23.2 Å². The molecule has 0 aromatic heterocycles. The van der Waals surface area contributed by atoms with Gasteiger partial charge in [0.2, 0.25) is 0 Å². The van der Waals surface area contributed by atoms with Crippen LogP contribution in [0.1, 0.15) is 53.0 Å². The number of nitrogens with zero attached hydrogens (tertiary/aromatic N) is 1. The number of piperidine rings is 1. The van der Waals surface area contributed by atoms with Crippen LogP contribution in [0.25, 0.3) is 0 Å². The molecule has 0 amide bonds. The molecule has 0 saturated carbocycles. The third-order valence-electron chi connectivity index (χ3n) is 5.01. The average molecular weight is 315 g/mol. The van der Waals surface area contributed by atoms with Crippen LogP contribution in [0, 0.1) is 0 Å². The summed E-state index contributed by atoms with van der Waals surface area (Å²) in [5, 5.41) is 0. The Labute approximate surface area is 140 Å². The van der Waals surface area contributed by atoms with Gasteiger partial charge in [-0.15, -0.1) is 0 Å². The normalized spacial score (nSPS) is 23.3. The highest BCUT2D eigenvalue weighted by Crippen LogP contribution is 2.41. The fraction of sp³-hybridized carbons (Fsp3) is 0.550. The average Bonchev–Trinajstić information content (AvgIpc) is 2.48. The summed E-state index contributed by atoms with van der Waals surface area (Å²) in [6.45, 7) is 15.1. The van der Waals surface area contributed by atoms with E-state index in [2.05, 4.69) is 63.4 Å². The van der Waals surface area contributed by atoms with Crippen molar-refractivity contribution in [3.8, 4) is 0 Å². The minimum Gasteiger partial charge on any atom is -0.457 e. The molecule has 2 rings (SSSR count). The van der Waals surface area contributed by atoms with E-state index in [0.29, 0.717) is 5.57 Å². The first-order valence-electron chi connectivity index (χ1n) is 8.33. The molecule has 3 nitrogen and oxygen atoms in total. The highest BCUT2D eigenvalue weighted by Gasteiger charge is 2.48. The van der Waals surface area contributed by atoms with Crippen molar-refractivity contribution in [1.29, 1.82) is 0 Å². The molecule has 1 aliphatic rings. The predicted octanol–water partition coefficient (Wildman–Crippen LogP) is 4.33. The molecule has 0 spiro atoms. The molecule has 1 aromatic rings. The first-order valence-corrected chi connectivity index (χ1v) is 8.33. The molecule has 1 fully saturated rings. The standard InChI is InChI=1S/C20H29NO2/c1-15(2)18(22)23-17-12-13-19(3,4)21(20(17,5)6)14-16-10-8-7-9-11-16/h7-11,17H,1,12-14H2,2-6H3. The van der Waals surface area contributed by atoms with Gasteiger partial charge in [0.05, 0.1) is 5.54 Å². The largest absolute Gasteiger partial charge is 0.457 e. The highest BCUT2D eigenvalue weighted by atomic mass is 16.5. The maximum atomic E-state index is 12.0. The lowest BCUT2D eigenvalue weighted by Crippen LogP contribution is -2.64. The Kier molecular flexibility index (Phi) is 5.00. The Balaban J connectivity index is 2.25. The number of rotatable bonds is 4. The molecule has 0 radical (unpaired) electrons. The Morgan fingerprint density at radius 2 is 1.87 bits per heavy atom. The van der Waals surface area contributed by atoms with Crippen LogP contribution in [-0.4, -0.2) is 28.1 Å². The van der Waals surface area contributed by atoms with Gasteiger partial charge in [-0.3, -0.25) is 4.90 Å². The molecular formula is C20H29NO2. The van der Waals surface area contributed by atoms with Crippen molar-refractivity contribution in [2.45, 2.75) is 71.2 Å². The van der Waals surface area contributed by atoms with Gasteiger partial charge in [-0.05, 0) is 53.0 Å². The lowest BCUT2D eigenvalue weighted by molar-refractivity contribution is -0.167. The van der Waals surface area contributed by atoms with E-state index >= 15 is 0 Å². The zero-order chi connectivity index (χ0) is 17.3. The lowest BCUT2D eigenvalue weighted by atomic mass is 9.77. The smallest absolute Gasteiger partial charge is 0.333 e. The zero-order valence-corrected chi connectivity index (χ0v) is 15.1. The van der Waals surface area contributed by atoms with Crippen molar-refractivity contribution < 1.29 is 9.53 Å². The molecule has 126 valence electrons. The molecule has 1 atom stereocenters. The summed E-state index contributed by atoms with van der Waals surface area (Å²) >= 11 is 0. The monoisotopic (exact) mass is 315 g/mol. The minimum atomic E-state index is -0.289. The highest BCUT2D eigenvalue weighted by molar-refractivity contribution is 5.87. The van der Waals surface area contributed by atoms with Crippen LogP contribution in [0.3, 0.4) is 0 Å². The molecule has 1 saturated heterocycles. The van der Waals surface area contributed by atoms with Crippen LogP contribution in [0.2, 0.25) is 0 Å². The van der Waals surface area contributed by atoms with Crippen molar-refractivity contribution in [3.05, 3.63) is 48.0 Å². The number of esters is 1. The predicted molar refractivity (Wildman–Crippen MR) is 94.1 cm³/mol. The molecular weight excluding hydrogens is 286 g/mol. The summed E-state index contributed by atoms with van der Waals surface area (Å²) in [6.07, 6.45) is 1.75. The van der Waals surface area contributed by atoms with Gasteiger partial charge in [0, 0.05) is 17.7 Å². The molecule has 0 N–H and O–H groups in total. The topological polar surface area (TPSA) is 29.5 Å². The molecule has 1 aromatic carbocycles. The van der Waals surface area contributed by atoms with Crippen LogP contribution >= 0.6 is 0 Å². The van der Waals surface area contributed by atoms with Crippen LogP contribution < -0.4 is 0 Å². The SMILES string of the molecule is C=C(C)C(=O)OC1CCC(C)(C)N(Cc2ccccc2)C1(C)C. The molecule has 0 bridgehead atoms. The summed E-state index contributed by atoms with van der Waals surface area (Å²) in [7, 11) is 0. The minimum absolute atomic E-state index is 0.0610. The molecule has 1 unspecified atom stereocenters. The summed E-state index contributed by atoms with van der Waals surface area (Å²) in [5.74, 6) is -0.289. The van der Waals surface area contributed by atoms with E-state index in [1.807, 2.05) is 6.07 Å². The van der Waals surface area contributed by atoms with Gasteiger partial charge in [-0.1, -0.05) is 36.9 Å². The fourth-order valence-corrected chi connectivity index (χ4v) is 3.54. The maximum absolute atomic E-state index is 12.0. The van der Waals surface area contributed by atoms with Crippen LogP contribution in [0.5, 0.6) is 0 Å². The zero-order valence-electron chi connectivity index (χ0n) is 15.1. The van der Waals surface area contributed by atoms with Crippen molar-refractivity contribution in [1.82, 2.24) is 4.90 Å². The van der Waals surface area contributed by atoms with Gasteiger partial charge in [0.15, 0.2) is 0 Å². The Bertz CT molecular complexity index is 575. The number of carbonyl (C=O) groups is 1. The summed E-state index contributed by atoms with van der Waals surface area (Å²) in [5.41, 5.74) is 1.56. The Morgan fingerprint density at radius 3 is 2.43 bits per heavy atom. The maximum Gasteiger partial charge on any atom is 0.333 e. The van der Waals surface area contributed by atoms with E-state index in [1.54, 1.807) is 6.92 Å². The molecule has 3 heteroatoms. The second kappa shape index (κ2) is 6.48. The van der Waals surface area contributed by atoms with Crippen LogP contribution in [0.4, 0.5) is 0 Å². The number of hydrogen-bond acceptors (Lipinski definition) is 3. The number of carbonyl (C=O) groups excluding carboxylic acids is 1. The van der Waals surface area contributed by atoms with Crippen molar-refractivity contribution in [3.63, 3.8) is 0 Å². The third kappa shape index (κ3) is 3.84. The van der Waals surface area contributed by atoms with Crippen molar-refractivity contribution >= 4 is 5.97 Å². The number of likely N-dealkylation sites (tertiary alicyclic amines) is 1. The fourth-order valence-electron chi connectivity index (χ4n) is 3.54. The van der Waals surface area contributed by atoms with E-state index in [4.69, 9.17) is 4.74 Å². The Morgan fingerprint density at radius 1 is 1.26 bits per heavy atom. The Hall–Kier alpha value is -1.61. The van der Waals surface area contributed by atoms with E-state index in [1.165, 1.54) is 5.56 Å². The lowest BCUT2D eigenvalue weighted by Gasteiger charge is -2.55. The molecule has 0 aliphatic carbocycles. The van der Waals surface area contributed by atoms with Gasteiger partial charge < -0.3 is 4.74 Å². The van der Waals surface area contributed by atoms with Gasteiger partial charge in [-0.2, -0.15) is 0 Å². The first kappa shape index (κ1) is 17.7. The van der Waals surface area contributed by atoms with Crippen molar-refractivity contribution in [2.75, 3.05) is 0 Å². The van der Waals surface area contributed by atoms with E-state index < -0.39 is 0 Å². The van der Waals surface area contributed by atoms with Gasteiger partial charge in [-0.25, -0.2) is 4.79 Å². The molecule has 23 heavy (non-hydrogen) atoms. The second-order valence-electron chi connectivity index (χ2n) is 7.75. The second-order valence-corrected chi connectivity index (χ2v) is 7.75. The molecule has 1 heterocycles. The van der Waals surface area contributed by atoms with Gasteiger partial charge in [0.1, 0.15) is 6.10 Å². The quantitative estimate of drug-likeness (QED) is 0.612. The van der Waals surface area contributed by atoms with E-state index in [9.17, 15) is 4.79 Å². The molecule has 1 aliphatic heterocycles. The van der Waals surface area contributed by atoms with Gasteiger partial charge in [0.25, 0.3) is 0 Å². The van der Waals surface area contributed by atoms with Gasteiger partial charge >= 0.3 is 5.97 Å². The van der Waals surface area contributed by atoms with Crippen LogP contribution in [0.15, 0.2) is 42.5 Å². The first-order chi connectivity index (χ1) is 10.6. The number of hydrogen-bond donors (Lipinski definition) is 0. The summed E-state index contributed by atoms with van der Waals surface area (Å²) < 4.78 is 5.75. The van der Waals surface area contributed by atoms with E-state index in [0.717, 1.165) is 19.4 Å². The summed E-state index contributed by atoms with van der Waals surface area (Å²) in [6, 6.07) is 10.5. The number of benzene rings is 1. The van der Waals surface area contributed by atoms with Crippen LogP contribution in [-0.2, 0) is 16.1 Å².